The average molecular weight is 465 g/mol. The van der Waals surface area contributed by atoms with Crippen molar-refractivity contribution in [2.75, 3.05) is 44.4 Å². The van der Waals surface area contributed by atoms with Gasteiger partial charge in [0.2, 0.25) is 5.95 Å². The van der Waals surface area contributed by atoms with Crippen molar-refractivity contribution < 1.29 is 14.6 Å². The van der Waals surface area contributed by atoms with Crippen LogP contribution in [0.4, 0.5) is 5.95 Å². The molecule has 0 unspecified atom stereocenters. The van der Waals surface area contributed by atoms with E-state index in [2.05, 4.69) is 26.7 Å². The maximum absolute atomic E-state index is 9.76. The molecule has 5 heterocycles. The molecule has 0 aliphatic carbocycles. The number of aromatic nitrogens is 2. The Morgan fingerprint density at radius 2 is 2.00 bits per heavy atom. The van der Waals surface area contributed by atoms with Gasteiger partial charge in [0.1, 0.15) is 5.60 Å². The van der Waals surface area contributed by atoms with E-state index in [9.17, 15) is 5.11 Å². The van der Waals surface area contributed by atoms with Crippen molar-refractivity contribution in [1.29, 1.82) is 0 Å². The smallest absolute Gasteiger partial charge is 0.225 e. The number of rotatable bonds is 4. The molecule has 3 aliphatic heterocycles. The van der Waals surface area contributed by atoms with Crippen molar-refractivity contribution in [2.45, 2.75) is 51.0 Å². The van der Waals surface area contributed by atoms with Gasteiger partial charge in [-0.2, -0.15) is 0 Å². The summed E-state index contributed by atoms with van der Waals surface area (Å²) in [5, 5.41) is 9.76. The molecule has 0 radical (unpaired) electrons. The van der Waals surface area contributed by atoms with Crippen molar-refractivity contribution in [3.8, 4) is 0 Å². The number of thiophene rings is 1. The van der Waals surface area contributed by atoms with Gasteiger partial charge in [-0.05, 0) is 31.7 Å². The minimum atomic E-state index is -0.276. The lowest BCUT2D eigenvalue weighted by atomic mass is 9.81. The fourth-order valence-corrected chi connectivity index (χ4v) is 6.76. The molecule has 0 bridgehead atoms. The topological polar surface area (TPSA) is 71.0 Å². The lowest BCUT2D eigenvalue weighted by Crippen LogP contribution is -2.50. The molecular weight excluding hydrogens is 436 g/mol. The summed E-state index contributed by atoms with van der Waals surface area (Å²) in [6.45, 7) is 7.89. The predicted octanol–water partition coefficient (Wildman–Crippen LogP) is 2.97. The zero-order valence-corrected chi connectivity index (χ0v) is 19.4. The first-order valence-corrected chi connectivity index (χ1v) is 12.2. The highest BCUT2D eigenvalue weighted by Crippen LogP contribution is 2.49. The van der Waals surface area contributed by atoms with Gasteiger partial charge in [0.25, 0.3) is 0 Å². The Labute approximate surface area is 192 Å². The van der Waals surface area contributed by atoms with Crippen molar-refractivity contribution >= 4 is 28.9 Å². The van der Waals surface area contributed by atoms with Crippen molar-refractivity contribution in [3.63, 3.8) is 0 Å². The first-order valence-electron chi connectivity index (χ1n) is 11.0. The molecule has 7 nitrogen and oxygen atoms in total. The second kappa shape index (κ2) is 8.92. The Morgan fingerprint density at radius 3 is 2.71 bits per heavy atom. The first-order chi connectivity index (χ1) is 15.1. The van der Waals surface area contributed by atoms with Crippen LogP contribution in [0.1, 0.15) is 41.3 Å². The summed E-state index contributed by atoms with van der Waals surface area (Å²) in [6, 6.07) is 0.358. The number of anilines is 1. The number of morpholine rings is 1. The fraction of sp³-hybridized carbons (Fsp3) is 0.636. The molecule has 2 fully saturated rings. The van der Waals surface area contributed by atoms with Gasteiger partial charge in [-0.15, -0.1) is 11.3 Å². The summed E-state index contributed by atoms with van der Waals surface area (Å²) < 4.78 is 12.5. The van der Waals surface area contributed by atoms with Crippen LogP contribution in [-0.4, -0.2) is 65.5 Å². The Balaban J connectivity index is 1.27. The normalized spacial score (nSPS) is 26.9. The van der Waals surface area contributed by atoms with Gasteiger partial charge in [0.05, 0.1) is 30.8 Å². The van der Waals surface area contributed by atoms with Crippen LogP contribution in [0, 0.1) is 0 Å². The Kier molecular flexibility index (Phi) is 6.20. The van der Waals surface area contributed by atoms with Crippen LogP contribution >= 0.6 is 22.9 Å². The van der Waals surface area contributed by atoms with E-state index in [1.54, 1.807) is 11.3 Å². The third kappa shape index (κ3) is 4.10. The summed E-state index contributed by atoms with van der Waals surface area (Å²) in [5.41, 5.74) is 2.97. The molecule has 168 valence electrons. The molecule has 2 aromatic heterocycles. The fourth-order valence-electron chi connectivity index (χ4n) is 5.09. The molecule has 1 N–H and O–H groups in total. The molecule has 3 aliphatic rings. The van der Waals surface area contributed by atoms with E-state index in [1.165, 1.54) is 10.4 Å². The van der Waals surface area contributed by atoms with Gasteiger partial charge in [0.15, 0.2) is 0 Å². The number of hydrogen-bond acceptors (Lipinski definition) is 8. The van der Waals surface area contributed by atoms with Gasteiger partial charge in [-0.1, -0.05) is 11.6 Å². The number of nitrogens with zero attached hydrogens (tertiary/aromatic N) is 4. The standard InChI is InChI=1S/C22H29ClN4O3S/c1-15-10-22(19-17(2-7-30-22)18(14-28)20(23)31-19)3-4-27(15)13-16-11-24-21(25-12-16)26-5-8-29-9-6-26/h11-12,15,28H,2-10,13-14H2,1H3/t15-,22+/m0/s1. The van der Waals surface area contributed by atoms with E-state index in [0.717, 1.165) is 75.7 Å². The molecule has 2 saturated heterocycles. The number of hydrogen-bond donors (Lipinski definition) is 1. The van der Waals surface area contributed by atoms with E-state index >= 15 is 0 Å². The number of aliphatic hydroxyl groups excluding tert-OH is 1. The summed E-state index contributed by atoms with van der Waals surface area (Å²) >= 11 is 8.04. The summed E-state index contributed by atoms with van der Waals surface area (Å²) in [4.78, 5) is 15.1. The zero-order valence-electron chi connectivity index (χ0n) is 17.8. The number of halogens is 1. The number of fused-ring (bicyclic) bond motifs is 2. The molecule has 31 heavy (non-hydrogen) atoms. The Hall–Kier alpha value is -1.29. The highest BCUT2D eigenvalue weighted by atomic mass is 35.5. The average Bonchev–Trinajstić information content (AvgIpc) is 3.13. The molecule has 2 aromatic rings. The molecule has 5 rings (SSSR count). The molecule has 1 spiro atoms. The third-order valence-corrected chi connectivity index (χ3v) is 8.50. The second-order valence-corrected chi connectivity index (χ2v) is 10.3. The van der Waals surface area contributed by atoms with Crippen LogP contribution in [0.3, 0.4) is 0 Å². The van der Waals surface area contributed by atoms with E-state index in [0.29, 0.717) is 17.0 Å². The van der Waals surface area contributed by atoms with E-state index < -0.39 is 0 Å². The van der Waals surface area contributed by atoms with Gasteiger partial charge >= 0.3 is 0 Å². The third-order valence-electron chi connectivity index (χ3n) is 6.79. The Bertz CT molecular complexity index is 918. The summed E-state index contributed by atoms with van der Waals surface area (Å²) in [7, 11) is 0. The molecule has 0 amide bonds. The largest absolute Gasteiger partial charge is 0.392 e. The summed E-state index contributed by atoms with van der Waals surface area (Å²) in [5.74, 6) is 0.787. The predicted molar refractivity (Wildman–Crippen MR) is 121 cm³/mol. The Morgan fingerprint density at radius 1 is 1.23 bits per heavy atom. The van der Waals surface area contributed by atoms with Crippen LogP contribution < -0.4 is 4.90 Å². The maximum Gasteiger partial charge on any atom is 0.225 e. The zero-order chi connectivity index (χ0) is 21.4. The van der Waals surface area contributed by atoms with Crippen molar-refractivity contribution in [1.82, 2.24) is 14.9 Å². The van der Waals surface area contributed by atoms with Crippen molar-refractivity contribution in [3.05, 3.63) is 38.3 Å². The molecule has 9 heteroatoms. The highest BCUT2D eigenvalue weighted by molar-refractivity contribution is 7.16. The van der Waals surface area contributed by atoms with E-state index in [1.807, 2.05) is 12.4 Å². The summed E-state index contributed by atoms with van der Waals surface area (Å²) in [6.07, 6.45) is 6.60. The number of likely N-dealkylation sites (tertiary alicyclic amines) is 1. The SMILES string of the molecule is C[C@H]1C[C@@]2(CCN1Cc1cnc(N3CCOCC3)nc1)OCCc1c2sc(Cl)c1CO. The second-order valence-electron chi connectivity index (χ2n) is 8.68. The quantitative estimate of drug-likeness (QED) is 0.745. The molecule has 2 atom stereocenters. The minimum Gasteiger partial charge on any atom is -0.392 e. The van der Waals surface area contributed by atoms with Gasteiger partial charge in [0, 0.05) is 60.6 Å². The van der Waals surface area contributed by atoms with Gasteiger partial charge in [-0.25, -0.2) is 9.97 Å². The van der Waals surface area contributed by atoms with Crippen LogP contribution in [0.25, 0.3) is 0 Å². The van der Waals surface area contributed by atoms with Crippen LogP contribution in [0.2, 0.25) is 4.34 Å². The van der Waals surface area contributed by atoms with Gasteiger partial charge < -0.3 is 19.5 Å². The van der Waals surface area contributed by atoms with E-state index in [4.69, 9.17) is 21.1 Å². The molecule has 0 aromatic carbocycles. The number of ether oxygens (including phenoxy) is 2. The van der Waals surface area contributed by atoms with Gasteiger partial charge in [-0.3, -0.25) is 4.90 Å². The number of aliphatic hydroxyl groups is 1. The lowest BCUT2D eigenvalue weighted by molar-refractivity contribution is -0.110. The van der Waals surface area contributed by atoms with E-state index in [-0.39, 0.29) is 12.2 Å². The van der Waals surface area contributed by atoms with Crippen molar-refractivity contribution in [2.24, 2.45) is 0 Å². The minimum absolute atomic E-state index is 0.00285. The monoisotopic (exact) mass is 464 g/mol. The lowest BCUT2D eigenvalue weighted by Gasteiger charge is -2.47. The number of piperidine rings is 1. The van der Waals surface area contributed by atoms with Crippen LogP contribution in [0.5, 0.6) is 0 Å². The van der Waals surface area contributed by atoms with Crippen LogP contribution in [-0.2, 0) is 34.6 Å². The highest BCUT2D eigenvalue weighted by Gasteiger charge is 2.45. The first kappa shape index (κ1) is 21.6. The maximum atomic E-state index is 9.76. The molecule has 0 saturated carbocycles. The van der Waals surface area contributed by atoms with Crippen LogP contribution in [0.15, 0.2) is 12.4 Å². The molecular formula is C22H29ClN4O3S.